The molecule has 0 atom stereocenters. The van der Waals surface area contributed by atoms with Crippen molar-refractivity contribution in [2.24, 2.45) is 27.1 Å². The third kappa shape index (κ3) is 36.0. The Morgan fingerprint density at radius 1 is 0.220 bits per heavy atom. The summed E-state index contributed by atoms with van der Waals surface area (Å²) >= 11 is 0. The molecule has 0 aliphatic rings. The molecule has 0 radical (unpaired) electrons. The van der Waals surface area contributed by atoms with Gasteiger partial charge in [-0.25, -0.2) is 0 Å². The van der Waals surface area contributed by atoms with Crippen LogP contribution in [0.15, 0.2) is 97.1 Å². The molecule has 91 heavy (non-hydrogen) atoms. The van der Waals surface area contributed by atoms with Gasteiger partial charge in [-0.05, 0) is 140 Å². The molecule has 0 bridgehead atoms. The third-order valence-corrected chi connectivity index (χ3v) is 15.5. The first kappa shape index (κ1) is 84.7. The van der Waals surface area contributed by atoms with Crippen LogP contribution >= 0.6 is 0 Å². The van der Waals surface area contributed by atoms with Gasteiger partial charge < -0.3 is 56.8 Å². The molecule has 0 saturated carbocycles. The normalized spacial score (nSPS) is 13.0. The van der Waals surface area contributed by atoms with E-state index in [9.17, 15) is 0 Å². The quantitative estimate of drug-likeness (QED) is 0.0311. The molecule has 4 aromatic carbocycles. The third-order valence-electron chi connectivity index (χ3n) is 15.5. The number of hydrogen-bond acceptors (Lipinski definition) is 12. The summed E-state index contributed by atoms with van der Waals surface area (Å²) in [6, 6.07) is 33.8. The Balaban J connectivity index is 0.0000141. The Kier molecular flexibility index (Phi) is 37.6. The second-order valence-corrected chi connectivity index (χ2v) is 32.1. The molecule has 14 heteroatoms. The van der Waals surface area contributed by atoms with Crippen LogP contribution in [0.2, 0.25) is 0 Å². The van der Waals surface area contributed by atoms with Crippen LogP contribution in [0, 0.1) is 27.1 Å². The van der Waals surface area contributed by atoms with Crippen molar-refractivity contribution in [3.8, 4) is 23.0 Å². The van der Waals surface area contributed by atoms with E-state index in [2.05, 4.69) is 236 Å². The largest absolute Gasteiger partial charge is 1.00 e. The Labute approximate surface area is 605 Å². The summed E-state index contributed by atoms with van der Waals surface area (Å²) in [5, 5.41) is 0. The molecule has 0 N–H and O–H groups in total. The van der Waals surface area contributed by atoms with Crippen LogP contribution in [0.3, 0.4) is 0 Å². The van der Waals surface area contributed by atoms with Gasteiger partial charge in [0, 0.05) is 0 Å². The number of rotatable bonds is 44. The van der Waals surface area contributed by atoms with Gasteiger partial charge in [0.25, 0.3) is 0 Å². The van der Waals surface area contributed by atoms with E-state index in [1.54, 1.807) is 0 Å². The minimum atomic E-state index is -0.680. The summed E-state index contributed by atoms with van der Waals surface area (Å²) in [7, 11) is 0. The molecule has 512 valence electrons. The first-order chi connectivity index (χ1) is 41.6. The molecule has 0 aliphatic carbocycles. The van der Waals surface area contributed by atoms with E-state index < -0.39 is 5.41 Å². The van der Waals surface area contributed by atoms with Crippen LogP contribution in [0.1, 0.15) is 186 Å². The Morgan fingerprint density at radius 3 is 0.538 bits per heavy atom. The van der Waals surface area contributed by atoms with Crippen molar-refractivity contribution >= 4 is 8.41 Å². The molecule has 0 unspecified atom stereocenters. The van der Waals surface area contributed by atoms with Gasteiger partial charge in [-0.2, -0.15) is 0 Å². The minimum Gasteiger partial charge on any atom is -0.491 e. The molecule has 0 aromatic heterocycles. The molecule has 0 amide bonds. The van der Waals surface area contributed by atoms with Crippen molar-refractivity contribution in [2.75, 3.05) is 132 Å². The fourth-order valence-corrected chi connectivity index (χ4v) is 12.9. The van der Waals surface area contributed by atoms with E-state index in [1.165, 1.54) is 22.3 Å². The van der Waals surface area contributed by atoms with Gasteiger partial charge >= 0.3 is 58.2 Å². The molecular weight excluding hydrogens is 1210 g/mol. The fraction of sp³-hybridized carbons (Fsp3) is 0.688. The van der Waals surface area contributed by atoms with Crippen molar-refractivity contribution in [1.82, 2.24) is 0 Å². The van der Waals surface area contributed by atoms with Crippen molar-refractivity contribution in [3.63, 3.8) is 0 Å². The van der Waals surface area contributed by atoms with Crippen LogP contribution < -0.4 is 77.1 Å². The number of hydrogen-bond donors (Lipinski definition) is 0. The van der Waals surface area contributed by atoms with E-state index in [4.69, 9.17) is 56.8 Å². The zero-order chi connectivity index (χ0) is 65.9. The first-order valence-electron chi connectivity index (χ1n) is 33.1. The van der Waals surface area contributed by atoms with Gasteiger partial charge in [0.2, 0.25) is 0 Å². The zero-order valence-corrected chi connectivity index (χ0v) is 65.5. The number of benzene rings is 4. The summed E-state index contributed by atoms with van der Waals surface area (Å²) in [6.07, 6.45) is 4.34. The monoisotopic (exact) mass is 1340 g/mol. The number of ether oxygens (including phenoxy) is 12. The van der Waals surface area contributed by atoms with E-state index in [-0.39, 0.29) is 110 Å². The summed E-state index contributed by atoms with van der Waals surface area (Å²) in [5.41, 5.74) is 5.73. The SMILES string of the molecule is CC(C)(C)CC(C)(C)c1ccc(OCCOCCOCC(COCCOCCOc2ccc(C(C)(C)CC(C)(C)C)cc2)(COCCOCCOc2ccc(C(C)(C)CC(C)(C)C)cc2)COCCOCCOc2ccc(C(C)(C)CC(C)(C)C)cc2)cc1.[BH4-].[Rb+]. The van der Waals surface area contributed by atoms with Gasteiger partial charge in [0.1, 0.15) is 49.4 Å². The van der Waals surface area contributed by atoms with Gasteiger partial charge in [0.15, 0.2) is 0 Å². The molecule has 0 fully saturated rings. The van der Waals surface area contributed by atoms with E-state index in [1.807, 2.05) is 0 Å². The molecule has 4 aromatic rings. The van der Waals surface area contributed by atoms with Crippen molar-refractivity contribution in [2.45, 2.75) is 186 Å². The average Bonchev–Trinajstić information content (AvgIpc) is 1.20. The van der Waals surface area contributed by atoms with E-state index >= 15 is 0 Å². The van der Waals surface area contributed by atoms with Crippen LogP contribution in [0.4, 0.5) is 0 Å². The maximum atomic E-state index is 6.39. The summed E-state index contributed by atoms with van der Waals surface area (Å²) in [4.78, 5) is 0. The maximum Gasteiger partial charge on any atom is 1.00 e. The predicted octanol–water partition coefficient (Wildman–Crippen LogP) is 12.8. The molecule has 0 saturated heterocycles. The van der Waals surface area contributed by atoms with Crippen LogP contribution in [-0.4, -0.2) is 141 Å². The molecule has 0 aliphatic heterocycles. The summed E-state index contributed by atoms with van der Waals surface area (Å²) < 4.78 is 73.8. The summed E-state index contributed by atoms with van der Waals surface area (Å²) in [5.74, 6) is 3.30. The second kappa shape index (κ2) is 40.4. The average molecular weight is 1340 g/mol. The van der Waals surface area contributed by atoms with Gasteiger partial charge in [0.05, 0.1) is 111 Å². The second-order valence-electron chi connectivity index (χ2n) is 32.1. The van der Waals surface area contributed by atoms with Crippen molar-refractivity contribution in [3.05, 3.63) is 119 Å². The fourth-order valence-electron chi connectivity index (χ4n) is 12.9. The van der Waals surface area contributed by atoms with Crippen LogP contribution in [0.5, 0.6) is 23.0 Å². The molecule has 4 rings (SSSR count). The van der Waals surface area contributed by atoms with Crippen molar-refractivity contribution < 1.29 is 115 Å². The van der Waals surface area contributed by atoms with E-state index in [0.29, 0.717) is 132 Å². The minimum absolute atomic E-state index is 0. The Hall–Kier alpha value is -2.37. The maximum absolute atomic E-state index is 6.39. The van der Waals surface area contributed by atoms with Gasteiger partial charge in [-0.15, -0.1) is 0 Å². The Bertz CT molecular complexity index is 2170. The standard InChI is InChI=1S/C77H124O12.BH4.Rb/c1-69(2,3)53-73(13,14)61-21-29-65(30-22-61)86-49-45-78-37-41-82-57-77(58-83-42-38-79-46-50-87-66-31-23-62(24-32-66)74(15,16)54-70(4,5)6,59-84-43-39-80-47-51-88-67-33-25-63(26-34-67)75(17,18)55-71(7,8)9)60-85-44-40-81-48-52-89-68-35-27-64(28-36-68)76(19,20)56-72(10,11)12;;/h21-36H,37-60H2,1-20H3;1H4;/q;-1;+1. The zero-order valence-electron chi connectivity index (χ0n) is 60.6. The van der Waals surface area contributed by atoms with Crippen LogP contribution in [-0.2, 0) is 59.6 Å². The smallest absolute Gasteiger partial charge is 0.491 e. The predicted molar refractivity (Wildman–Crippen MR) is 376 cm³/mol. The molecule has 0 heterocycles. The molecule has 0 spiro atoms. The van der Waals surface area contributed by atoms with Gasteiger partial charge in [-0.1, -0.05) is 195 Å². The summed E-state index contributed by atoms with van der Waals surface area (Å²) in [6.45, 7) is 53.5. The molecular formula is C77H128BO12Rb. The van der Waals surface area contributed by atoms with E-state index in [0.717, 1.165) is 48.7 Å². The Morgan fingerprint density at radius 2 is 0.374 bits per heavy atom. The first-order valence-corrected chi connectivity index (χ1v) is 33.1. The van der Waals surface area contributed by atoms with Gasteiger partial charge in [-0.3, -0.25) is 0 Å². The topological polar surface area (TPSA) is 111 Å². The molecule has 12 nitrogen and oxygen atoms in total. The van der Waals surface area contributed by atoms with Crippen LogP contribution in [0.25, 0.3) is 0 Å². The van der Waals surface area contributed by atoms with Crippen molar-refractivity contribution in [1.29, 1.82) is 0 Å².